The van der Waals surface area contributed by atoms with Crippen LogP contribution in [0.25, 0.3) is 11.2 Å². The summed E-state index contributed by atoms with van der Waals surface area (Å²) in [5, 5.41) is 12.6. The van der Waals surface area contributed by atoms with E-state index in [1.165, 1.54) is 0 Å². The van der Waals surface area contributed by atoms with E-state index in [1.54, 1.807) is 12.4 Å². The maximum absolute atomic E-state index is 11.4. The number of carboxylic acids is 1. The van der Waals surface area contributed by atoms with Gasteiger partial charge in [-0.15, -0.1) is 0 Å². The minimum Gasteiger partial charge on any atom is -0.481 e. The first-order valence-corrected chi connectivity index (χ1v) is 6.84. The Morgan fingerprint density at radius 2 is 2.05 bits per heavy atom. The van der Waals surface area contributed by atoms with E-state index in [-0.39, 0.29) is 0 Å². The first-order valence-electron chi connectivity index (χ1n) is 6.84. The molecule has 0 atom stereocenters. The van der Waals surface area contributed by atoms with Crippen molar-refractivity contribution in [2.24, 2.45) is 5.41 Å². The molecule has 6 nitrogen and oxygen atoms in total. The van der Waals surface area contributed by atoms with Gasteiger partial charge in [-0.25, -0.2) is 4.98 Å². The number of aliphatic carboxylic acids is 1. The second-order valence-corrected chi connectivity index (χ2v) is 4.96. The molecule has 0 aromatic carbocycles. The van der Waals surface area contributed by atoms with Gasteiger partial charge in [0.25, 0.3) is 0 Å². The standard InChI is InChI=1S/C14H20N4O2/c1-3-14(4-2,13(19)20)9-15-7-10-8-18-12-11(10)16-5-6-17-12/h5-6,8,15H,3-4,7,9H2,1-2H3,(H,17,18)(H,19,20). The molecule has 0 bridgehead atoms. The summed E-state index contributed by atoms with van der Waals surface area (Å²) in [6.45, 7) is 4.85. The number of rotatable bonds is 7. The van der Waals surface area contributed by atoms with Crippen molar-refractivity contribution < 1.29 is 9.90 Å². The smallest absolute Gasteiger partial charge is 0.310 e. The summed E-state index contributed by atoms with van der Waals surface area (Å²) >= 11 is 0. The number of carbonyl (C=O) groups is 1. The minimum atomic E-state index is -0.742. The molecule has 0 saturated carbocycles. The van der Waals surface area contributed by atoms with Crippen molar-refractivity contribution in [2.75, 3.05) is 6.54 Å². The van der Waals surface area contributed by atoms with E-state index in [0.717, 1.165) is 16.7 Å². The summed E-state index contributed by atoms with van der Waals surface area (Å²) in [7, 11) is 0. The Morgan fingerprint density at radius 1 is 1.35 bits per heavy atom. The van der Waals surface area contributed by atoms with Crippen LogP contribution < -0.4 is 5.32 Å². The van der Waals surface area contributed by atoms with Crippen molar-refractivity contribution in [2.45, 2.75) is 33.2 Å². The van der Waals surface area contributed by atoms with Crippen LogP contribution in [0.15, 0.2) is 18.6 Å². The Morgan fingerprint density at radius 3 is 2.70 bits per heavy atom. The third-order valence-electron chi connectivity index (χ3n) is 3.97. The molecule has 0 aliphatic carbocycles. The van der Waals surface area contributed by atoms with Crippen LogP contribution in [0, 0.1) is 5.41 Å². The summed E-state index contributed by atoms with van der Waals surface area (Å²) in [5.41, 5.74) is 1.88. The normalized spacial score (nSPS) is 11.9. The second kappa shape index (κ2) is 6.00. The van der Waals surface area contributed by atoms with Crippen LogP contribution in [0.1, 0.15) is 32.3 Å². The molecule has 2 aromatic heterocycles. The van der Waals surface area contributed by atoms with Crippen molar-refractivity contribution in [3.05, 3.63) is 24.2 Å². The van der Waals surface area contributed by atoms with Crippen LogP contribution in [-0.2, 0) is 11.3 Å². The predicted octanol–water partition coefficient (Wildman–Crippen LogP) is 1.94. The van der Waals surface area contributed by atoms with Gasteiger partial charge in [-0.3, -0.25) is 9.78 Å². The van der Waals surface area contributed by atoms with Gasteiger partial charge in [-0.2, -0.15) is 0 Å². The van der Waals surface area contributed by atoms with Gasteiger partial charge in [0.2, 0.25) is 0 Å². The molecular weight excluding hydrogens is 256 g/mol. The Bertz CT molecular complexity index is 590. The zero-order chi connectivity index (χ0) is 14.6. The second-order valence-electron chi connectivity index (χ2n) is 4.96. The van der Waals surface area contributed by atoms with Gasteiger partial charge >= 0.3 is 5.97 Å². The summed E-state index contributed by atoms with van der Waals surface area (Å²) < 4.78 is 0. The maximum atomic E-state index is 11.4. The number of carboxylic acid groups (broad SMARTS) is 1. The fraction of sp³-hybridized carbons (Fsp3) is 0.500. The van der Waals surface area contributed by atoms with Crippen LogP contribution >= 0.6 is 0 Å². The molecule has 0 fully saturated rings. The Balaban J connectivity index is 2.04. The lowest BCUT2D eigenvalue weighted by atomic mass is 9.82. The van der Waals surface area contributed by atoms with Gasteiger partial charge in [0, 0.05) is 37.2 Å². The lowest BCUT2D eigenvalue weighted by Crippen LogP contribution is -2.39. The molecule has 108 valence electrons. The lowest BCUT2D eigenvalue weighted by Gasteiger charge is -2.26. The molecule has 3 N–H and O–H groups in total. The molecule has 6 heteroatoms. The molecule has 0 aliphatic rings. The molecule has 0 saturated heterocycles. The van der Waals surface area contributed by atoms with E-state index in [1.807, 2.05) is 20.0 Å². The highest BCUT2D eigenvalue weighted by molar-refractivity contribution is 5.75. The van der Waals surface area contributed by atoms with Crippen molar-refractivity contribution in [1.29, 1.82) is 0 Å². The predicted molar refractivity (Wildman–Crippen MR) is 76.2 cm³/mol. The number of aromatic amines is 1. The number of fused-ring (bicyclic) bond motifs is 1. The number of nitrogens with zero attached hydrogens (tertiary/aromatic N) is 2. The molecule has 0 unspecified atom stereocenters. The molecular formula is C14H20N4O2. The topological polar surface area (TPSA) is 90.9 Å². The fourth-order valence-corrected chi connectivity index (χ4v) is 2.35. The van der Waals surface area contributed by atoms with E-state index >= 15 is 0 Å². The molecule has 0 spiro atoms. The average Bonchev–Trinajstić information content (AvgIpc) is 2.87. The van der Waals surface area contributed by atoms with E-state index in [2.05, 4.69) is 20.3 Å². The molecule has 20 heavy (non-hydrogen) atoms. The summed E-state index contributed by atoms with van der Waals surface area (Å²) in [6.07, 6.45) is 6.37. The maximum Gasteiger partial charge on any atom is 0.310 e. The highest BCUT2D eigenvalue weighted by Gasteiger charge is 2.34. The Kier molecular flexibility index (Phi) is 4.34. The Hall–Kier alpha value is -1.95. The van der Waals surface area contributed by atoms with Gasteiger partial charge < -0.3 is 15.4 Å². The first-order chi connectivity index (χ1) is 9.63. The minimum absolute atomic E-state index is 0.447. The van der Waals surface area contributed by atoms with Crippen LogP contribution in [0.4, 0.5) is 0 Å². The molecule has 0 radical (unpaired) electrons. The van der Waals surface area contributed by atoms with E-state index in [9.17, 15) is 9.90 Å². The monoisotopic (exact) mass is 276 g/mol. The summed E-state index contributed by atoms with van der Waals surface area (Å²) in [5.74, 6) is -0.742. The van der Waals surface area contributed by atoms with E-state index < -0.39 is 11.4 Å². The number of hydrogen-bond acceptors (Lipinski definition) is 4. The quantitative estimate of drug-likeness (QED) is 0.719. The molecule has 0 aliphatic heterocycles. The zero-order valence-electron chi connectivity index (χ0n) is 11.8. The number of nitrogens with one attached hydrogen (secondary N) is 2. The van der Waals surface area contributed by atoms with Crippen molar-refractivity contribution >= 4 is 17.1 Å². The van der Waals surface area contributed by atoms with E-state index in [4.69, 9.17) is 0 Å². The average molecular weight is 276 g/mol. The van der Waals surface area contributed by atoms with Crippen molar-refractivity contribution in [3.63, 3.8) is 0 Å². The zero-order valence-corrected chi connectivity index (χ0v) is 11.8. The highest BCUT2D eigenvalue weighted by atomic mass is 16.4. The van der Waals surface area contributed by atoms with Crippen molar-refractivity contribution in [1.82, 2.24) is 20.3 Å². The Labute approximate surface area is 117 Å². The van der Waals surface area contributed by atoms with Crippen LogP contribution in [0.2, 0.25) is 0 Å². The molecule has 2 heterocycles. The van der Waals surface area contributed by atoms with Crippen LogP contribution in [-0.4, -0.2) is 32.6 Å². The number of H-pyrrole nitrogens is 1. The first kappa shape index (κ1) is 14.5. The van der Waals surface area contributed by atoms with Gasteiger partial charge in [-0.1, -0.05) is 13.8 Å². The van der Waals surface area contributed by atoms with E-state index in [0.29, 0.717) is 25.9 Å². The van der Waals surface area contributed by atoms with Crippen LogP contribution in [0.3, 0.4) is 0 Å². The third kappa shape index (κ3) is 2.65. The number of hydrogen-bond donors (Lipinski definition) is 3. The highest BCUT2D eigenvalue weighted by Crippen LogP contribution is 2.26. The van der Waals surface area contributed by atoms with Crippen LogP contribution in [0.5, 0.6) is 0 Å². The molecule has 2 rings (SSSR count). The van der Waals surface area contributed by atoms with Gasteiger partial charge in [0.05, 0.1) is 5.41 Å². The van der Waals surface area contributed by atoms with Gasteiger partial charge in [0.15, 0.2) is 5.65 Å². The summed E-state index contributed by atoms with van der Waals surface area (Å²) in [4.78, 5) is 22.9. The fourth-order valence-electron chi connectivity index (χ4n) is 2.35. The SMILES string of the molecule is CCC(CC)(CNCc1c[nH]c2nccnc12)C(=O)O. The third-order valence-corrected chi connectivity index (χ3v) is 3.97. The summed E-state index contributed by atoms with van der Waals surface area (Å²) in [6, 6.07) is 0. The van der Waals surface area contributed by atoms with Crippen molar-refractivity contribution in [3.8, 4) is 0 Å². The largest absolute Gasteiger partial charge is 0.481 e. The number of aromatic nitrogens is 3. The van der Waals surface area contributed by atoms with Gasteiger partial charge in [-0.05, 0) is 12.8 Å². The molecule has 2 aromatic rings. The molecule has 0 amide bonds. The van der Waals surface area contributed by atoms with Gasteiger partial charge in [0.1, 0.15) is 5.52 Å². The lowest BCUT2D eigenvalue weighted by molar-refractivity contribution is -0.149.